The van der Waals surface area contributed by atoms with Crippen molar-refractivity contribution < 1.29 is 4.79 Å². The van der Waals surface area contributed by atoms with Gasteiger partial charge in [0.25, 0.3) is 0 Å². The SMILES string of the molecule is C/C=C/N(CCCCC(=N)/C=C\C(N)=NC(=O)CC1(C)C=CC=CC1)N=N.N=O. The van der Waals surface area contributed by atoms with Gasteiger partial charge in [-0.05, 0) is 50.2 Å². The van der Waals surface area contributed by atoms with Gasteiger partial charge in [-0.3, -0.25) is 9.80 Å². The monoisotopic (exact) mass is 401 g/mol. The van der Waals surface area contributed by atoms with E-state index in [1.54, 1.807) is 17.3 Å². The zero-order valence-corrected chi connectivity index (χ0v) is 17.1. The van der Waals surface area contributed by atoms with Gasteiger partial charge in [-0.1, -0.05) is 48.1 Å². The van der Waals surface area contributed by atoms with Crippen molar-refractivity contribution in [1.29, 1.82) is 16.5 Å². The lowest BCUT2D eigenvalue weighted by Gasteiger charge is -2.24. The van der Waals surface area contributed by atoms with E-state index in [0.717, 1.165) is 19.3 Å². The second-order valence-electron chi connectivity index (χ2n) is 6.81. The van der Waals surface area contributed by atoms with Gasteiger partial charge in [0.1, 0.15) is 5.84 Å². The van der Waals surface area contributed by atoms with Crippen molar-refractivity contribution in [1.82, 2.24) is 5.01 Å². The number of aliphatic imine (C=N–C) groups is 1. The van der Waals surface area contributed by atoms with Crippen molar-refractivity contribution in [2.24, 2.45) is 21.4 Å². The summed E-state index contributed by atoms with van der Waals surface area (Å²) in [5.41, 5.74) is 17.5. The first kappa shape index (κ1) is 25.8. The van der Waals surface area contributed by atoms with Gasteiger partial charge in [-0.15, -0.1) is 0 Å². The summed E-state index contributed by atoms with van der Waals surface area (Å²) in [6.07, 6.45) is 18.0. The van der Waals surface area contributed by atoms with Crippen LogP contribution in [0.25, 0.3) is 0 Å². The fourth-order valence-electron chi connectivity index (χ4n) is 2.66. The molecule has 0 radical (unpaired) electrons. The van der Waals surface area contributed by atoms with Crippen LogP contribution < -0.4 is 5.73 Å². The normalized spacial score (nSPS) is 18.5. The topological polar surface area (TPSA) is 160 Å². The van der Waals surface area contributed by atoms with E-state index in [0.29, 0.717) is 25.1 Å². The Morgan fingerprint density at radius 1 is 1.28 bits per heavy atom. The van der Waals surface area contributed by atoms with Crippen molar-refractivity contribution in [2.75, 3.05) is 6.54 Å². The van der Waals surface area contributed by atoms with Gasteiger partial charge in [-0.2, -0.15) is 15.4 Å². The number of rotatable bonds is 11. The van der Waals surface area contributed by atoms with Gasteiger partial charge in [0.2, 0.25) is 5.91 Å². The Labute approximate surface area is 171 Å². The van der Waals surface area contributed by atoms with Crippen molar-refractivity contribution in [3.8, 4) is 0 Å². The summed E-state index contributed by atoms with van der Waals surface area (Å²) in [6, 6.07) is 0. The second-order valence-corrected chi connectivity index (χ2v) is 6.81. The molecular formula is C20H31N7O2. The molecule has 1 rings (SSSR count). The number of carbonyl (C=O) groups is 1. The zero-order chi connectivity index (χ0) is 22.1. The molecule has 0 saturated heterocycles. The van der Waals surface area contributed by atoms with E-state index in [-0.39, 0.29) is 17.2 Å². The number of nitrogens with zero attached hydrogens (tertiary/aromatic N) is 3. The molecule has 0 saturated carbocycles. The van der Waals surface area contributed by atoms with Crippen molar-refractivity contribution in [2.45, 2.75) is 46.0 Å². The fourth-order valence-corrected chi connectivity index (χ4v) is 2.66. The number of hydrogen-bond donors (Lipinski definition) is 4. The van der Waals surface area contributed by atoms with Gasteiger partial charge in [-0.25, -0.2) is 0 Å². The van der Waals surface area contributed by atoms with E-state index in [1.165, 1.54) is 6.08 Å². The average Bonchev–Trinajstić information content (AvgIpc) is 2.70. The lowest BCUT2D eigenvalue weighted by Crippen LogP contribution is -2.20. The zero-order valence-electron chi connectivity index (χ0n) is 17.1. The standard InChI is InChI=1S/C20H30N6O.HNO/c1-3-14-26(25-23)15-8-5-9-17(21)10-11-18(22)24-19(27)16-20(2)12-6-4-7-13-20;1-2/h3-4,6-7,10-12,14,21,23H,5,8-9,13,15-16H2,1-2H3,(H2,22,24,27);1H/b11-10-,14-3+,21-17?,25-23?;. The van der Waals surface area contributed by atoms with Gasteiger partial charge >= 0.3 is 0 Å². The number of hydrogen-bond acceptors (Lipinski definition) is 6. The third-order valence-electron chi connectivity index (χ3n) is 4.13. The molecule has 9 heteroatoms. The third kappa shape index (κ3) is 12.0. The second kappa shape index (κ2) is 14.8. The summed E-state index contributed by atoms with van der Waals surface area (Å²) in [5, 5.41) is 12.9. The molecule has 9 nitrogen and oxygen atoms in total. The number of allylic oxidation sites excluding steroid dienone is 6. The van der Waals surface area contributed by atoms with Crippen LogP contribution in [-0.2, 0) is 4.79 Å². The fraction of sp³-hybridized carbons (Fsp3) is 0.450. The number of carbonyl (C=O) groups excluding carboxylic acids is 1. The van der Waals surface area contributed by atoms with Crippen molar-refractivity contribution in [3.63, 3.8) is 0 Å². The molecule has 0 aromatic rings. The van der Waals surface area contributed by atoms with E-state index in [1.807, 2.05) is 44.2 Å². The van der Waals surface area contributed by atoms with Crippen LogP contribution in [0.3, 0.4) is 0 Å². The Bertz CT molecular complexity index is 695. The molecule has 0 bridgehead atoms. The van der Waals surface area contributed by atoms with E-state index in [9.17, 15) is 4.79 Å². The van der Waals surface area contributed by atoms with Crippen LogP contribution in [0, 0.1) is 26.9 Å². The van der Waals surface area contributed by atoms with Crippen LogP contribution in [0.1, 0.15) is 46.0 Å². The van der Waals surface area contributed by atoms with Gasteiger partial charge in [0, 0.05) is 24.9 Å². The quantitative estimate of drug-likeness (QED) is 0.0991. The Morgan fingerprint density at radius 2 is 2.00 bits per heavy atom. The Morgan fingerprint density at radius 3 is 2.59 bits per heavy atom. The number of unbranched alkanes of at least 4 members (excludes halogenated alkanes) is 1. The van der Waals surface area contributed by atoms with Crippen LogP contribution in [-0.4, -0.2) is 29.0 Å². The summed E-state index contributed by atoms with van der Waals surface area (Å²) in [7, 11) is 0. The summed E-state index contributed by atoms with van der Waals surface area (Å²) in [4.78, 5) is 23.5. The highest BCUT2D eigenvalue weighted by atomic mass is 16.2. The lowest BCUT2D eigenvalue weighted by molar-refractivity contribution is -0.119. The van der Waals surface area contributed by atoms with Gasteiger partial charge in [0.05, 0.1) is 0 Å². The molecule has 1 unspecified atom stereocenters. The lowest BCUT2D eigenvalue weighted by atomic mass is 9.80. The molecule has 0 heterocycles. The van der Waals surface area contributed by atoms with E-state index >= 15 is 0 Å². The van der Waals surface area contributed by atoms with Crippen LogP contribution in [0.15, 0.2) is 58.9 Å². The van der Waals surface area contributed by atoms with Gasteiger partial charge in [0.15, 0.2) is 0 Å². The first-order valence-electron chi connectivity index (χ1n) is 9.32. The summed E-state index contributed by atoms with van der Waals surface area (Å²) in [6.45, 7) is 4.54. The Balaban J connectivity index is 0.00000379. The molecule has 0 aromatic carbocycles. The third-order valence-corrected chi connectivity index (χ3v) is 4.13. The Hall–Kier alpha value is -3.23. The number of amidine groups is 1. The van der Waals surface area contributed by atoms with Crippen LogP contribution >= 0.6 is 0 Å². The summed E-state index contributed by atoms with van der Waals surface area (Å²) >= 11 is 0. The van der Waals surface area contributed by atoms with Crippen molar-refractivity contribution in [3.05, 3.63) is 53.6 Å². The molecule has 0 fully saturated rings. The average molecular weight is 402 g/mol. The smallest absolute Gasteiger partial charge is 0.248 e. The summed E-state index contributed by atoms with van der Waals surface area (Å²) < 4.78 is 0. The number of nitrogens with one attached hydrogen (secondary N) is 3. The molecule has 1 aliphatic rings. The minimum atomic E-state index is -0.255. The molecular weight excluding hydrogens is 370 g/mol. The van der Waals surface area contributed by atoms with Crippen LogP contribution in [0.5, 0.6) is 0 Å². The molecule has 158 valence electrons. The summed E-state index contributed by atoms with van der Waals surface area (Å²) in [5.74, 6) is -0.134. The molecule has 1 amide bonds. The first-order chi connectivity index (χ1) is 13.9. The van der Waals surface area contributed by atoms with E-state index in [4.69, 9.17) is 21.6 Å². The largest absolute Gasteiger partial charge is 0.384 e. The number of nitrogens with two attached hydrogens (primary N) is 1. The molecule has 0 aliphatic heterocycles. The first-order valence-corrected chi connectivity index (χ1v) is 9.32. The Kier molecular flexibility index (Phi) is 13.1. The number of nitroso groups, excluding NO2 is 1. The molecule has 5 N–H and O–H groups in total. The highest BCUT2D eigenvalue weighted by Gasteiger charge is 2.24. The maximum atomic E-state index is 12.1. The molecule has 1 aliphatic carbocycles. The van der Waals surface area contributed by atoms with E-state index in [2.05, 4.69) is 15.8 Å². The number of amides is 1. The predicted octanol–water partition coefficient (Wildman–Crippen LogP) is 4.64. The predicted molar refractivity (Wildman–Crippen MR) is 116 cm³/mol. The molecule has 1 atom stereocenters. The minimum Gasteiger partial charge on any atom is -0.384 e. The van der Waals surface area contributed by atoms with Crippen LogP contribution in [0.4, 0.5) is 0 Å². The maximum absolute atomic E-state index is 12.1. The highest BCUT2D eigenvalue weighted by Crippen LogP contribution is 2.31. The van der Waals surface area contributed by atoms with Crippen LogP contribution in [0.2, 0.25) is 0 Å². The minimum absolute atomic E-state index is 0.121. The molecule has 29 heavy (non-hydrogen) atoms. The van der Waals surface area contributed by atoms with E-state index < -0.39 is 0 Å². The molecule has 0 spiro atoms. The highest BCUT2D eigenvalue weighted by molar-refractivity contribution is 6.04. The van der Waals surface area contributed by atoms with Gasteiger partial charge < -0.3 is 11.1 Å². The van der Waals surface area contributed by atoms with Crippen molar-refractivity contribution >= 4 is 17.5 Å². The maximum Gasteiger partial charge on any atom is 0.248 e. The molecule has 0 aromatic heterocycles.